The van der Waals surface area contributed by atoms with Crippen LogP contribution in [0, 0.1) is 13.8 Å². The van der Waals surface area contributed by atoms with Crippen molar-refractivity contribution in [1.29, 1.82) is 0 Å². The van der Waals surface area contributed by atoms with Gasteiger partial charge in [0.2, 0.25) is 11.8 Å². The molecule has 8 nitrogen and oxygen atoms in total. The van der Waals surface area contributed by atoms with E-state index in [1.807, 2.05) is 75.3 Å². The Labute approximate surface area is 229 Å². The molecule has 0 bridgehead atoms. The van der Waals surface area contributed by atoms with Crippen LogP contribution in [0.4, 0.5) is 11.4 Å². The Bertz CT molecular complexity index is 1220. The molecule has 0 unspecified atom stereocenters. The predicted molar refractivity (Wildman–Crippen MR) is 152 cm³/mol. The van der Waals surface area contributed by atoms with Gasteiger partial charge in [-0.3, -0.25) is 14.6 Å². The fourth-order valence-corrected chi connectivity index (χ4v) is 5.79. The molecule has 38 heavy (non-hydrogen) atoms. The summed E-state index contributed by atoms with van der Waals surface area (Å²) in [6.07, 6.45) is 7.52. The van der Waals surface area contributed by atoms with Crippen LogP contribution in [0.5, 0.6) is 0 Å². The van der Waals surface area contributed by atoms with Gasteiger partial charge < -0.3 is 15.1 Å². The number of hydrogen-bond donors (Lipinski definition) is 1. The Kier molecular flexibility index (Phi) is 8.99. The molecule has 2 aromatic heterocycles. The molecule has 200 valence electrons. The summed E-state index contributed by atoms with van der Waals surface area (Å²) in [5.41, 5.74) is 3.44. The molecule has 0 radical (unpaired) electrons. The summed E-state index contributed by atoms with van der Waals surface area (Å²) in [6.45, 7) is 4.15. The number of pyridine rings is 1. The van der Waals surface area contributed by atoms with Crippen molar-refractivity contribution < 1.29 is 9.59 Å². The Morgan fingerprint density at radius 1 is 1.00 bits per heavy atom. The largest absolute Gasteiger partial charge is 0.378 e. The zero-order chi connectivity index (χ0) is 27.1. The number of aryl methyl sites for hydroxylation is 2. The average Bonchev–Trinajstić information content (AvgIpc) is 2.91. The number of benzene rings is 1. The van der Waals surface area contributed by atoms with Gasteiger partial charge in [-0.15, -0.1) is 0 Å². The molecule has 1 aliphatic rings. The van der Waals surface area contributed by atoms with Crippen LogP contribution in [-0.2, 0) is 16.1 Å². The van der Waals surface area contributed by atoms with Gasteiger partial charge in [0.15, 0.2) is 5.16 Å². The van der Waals surface area contributed by atoms with Crippen LogP contribution in [0.2, 0.25) is 0 Å². The van der Waals surface area contributed by atoms with Gasteiger partial charge in [-0.05, 0) is 68.7 Å². The summed E-state index contributed by atoms with van der Waals surface area (Å²) >= 11 is 1.31. The van der Waals surface area contributed by atoms with Crippen LogP contribution >= 0.6 is 11.8 Å². The maximum atomic E-state index is 14.0. The molecule has 0 atom stereocenters. The summed E-state index contributed by atoms with van der Waals surface area (Å²) < 4.78 is 0. The molecular formula is C29H36N6O2S. The van der Waals surface area contributed by atoms with Crippen molar-refractivity contribution in [3.63, 3.8) is 0 Å². The zero-order valence-corrected chi connectivity index (χ0v) is 23.4. The van der Waals surface area contributed by atoms with E-state index in [0.29, 0.717) is 24.5 Å². The van der Waals surface area contributed by atoms with E-state index < -0.39 is 5.54 Å². The predicted octanol–water partition coefficient (Wildman–Crippen LogP) is 5.02. The summed E-state index contributed by atoms with van der Waals surface area (Å²) in [4.78, 5) is 45.0. The highest BCUT2D eigenvalue weighted by atomic mass is 32.2. The Hall–Kier alpha value is -3.46. The number of anilines is 2. The molecule has 3 aromatic rings. The Morgan fingerprint density at radius 3 is 2.29 bits per heavy atom. The highest BCUT2D eigenvalue weighted by molar-refractivity contribution is 7.99. The fourth-order valence-electron chi connectivity index (χ4n) is 4.96. The monoisotopic (exact) mass is 532 g/mol. The number of hydrogen-bond acceptors (Lipinski definition) is 7. The van der Waals surface area contributed by atoms with E-state index in [2.05, 4.69) is 20.3 Å². The topological polar surface area (TPSA) is 91.3 Å². The van der Waals surface area contributed by atoms with Gasteiger partial charge in [0.1, 0.15) is 5.54 Å². The maximum Gasteiger partial charge on any atom is 0.250 e. The van der Waals surface area contributed by atoms with Crippen molar-refractivity contribution in [2.75, 3.05) is 30.1 Å². The summed E-state index contributed by atoms with van der Waals surface area (Å²) in [7, 11) is 3.96. The van der Waals surface area contributed by atoms with Crippen LogP contribution < -0.4 is 10.2 Å². The van der Waals surface area contributed by atoms with Gasteiger partial charge in [-0.2, -0.15) is 0 Å². The number of carbonyl (C=O) groups excluding carboxylic acids is 2. The van der Waals surface area contributed by atoms with Crippen LogP contribution in [0.25, 0.3) is 0 Å². The van der Waals surface area contributed by atoms with Crippen LogP contribution in [0.15, 0.2) is 60.0 Å². The van der Waals surface area contributed by atoms with E-state index in [1.54, 1.807) is 17.3 Å². The molecule has 2 amide bonds. The maximum absolute atomic E-state index is 14.0. The first-order valence-electron chi connectivity index (χ1n) is 13.0. The number of amides is 2. The van der Waals surface area contributed by atoms with Crippen molar-refractivity contribution in [2.45, 2.75) is 63.2 Å². The van der Waals surface area contributed by atoms with Gasteiger partial charge in [0.05, 0.1) is 5.75 Å². The highest BCUT2D eigenvalue weighted by Gasteiger charge is 2.47. The van der Waals surface area contributed by atoms with Gasteiger partial charge in [0, 0.05) is 55.8 Å². The summed E-state index contributed by atoms with van der Waals surface area (Å²) in [5, 5.41) is 3.70. The van der Waals surface area contributed by atoms with E-state index in [1.165, 1.54) is 11.8 Å². The molecule has 1 aliphatic carbocycles. The molecule has 1 saturated carbocycles. The van der Waals surface area contributed by atoms with Crippen molar-refractivity contribution in [3.8, 4) is 0 Å². The third kappa shape index (κ3) is 6.69. The van der Waals surface area contributed by atoms with Crippen molar-refractivity contribution in [1.82, 2.24) is 19.9 Å². The van der Waals surface area contributed by atoms with Gasteiger partial charge in [-0.1, -0.05) is 37.1 Å². The second-order valence-corrected chi connectivity index (χ2v) is 11.0. The number of nitrogens with zero attached hydrogens (tertiary/aromatic N) is 5. The van der Waals surface area contributed by atoms with Gasteiger partial charge >= 0.3 is 0 Å². The second-order valence-electron chi connectivity index (χ2n) is 10.1. The van der Waals surface area contributed by atoms with Gasteiger partial charge in [-0.25, -0.2) is 9.97 Å². The zero-order valence-electron chi connectivity index (χ0n) is 22.6. The lowest BCUT2D eigenvalue weighted by Gasteiger charge is -2.45. The second kappa shape index (κ2) is 12.4. The molecule has 2 heterocycles. The lowest BCUT2D eigenvalue weighted by molar-refractivity contribution is -0.146. The standard InChI is InChI=1S/C29H36N6O2S/c1-21-17-22(2)32-28(31-21)38-20-26(36)35(19-23-9-8-16-30-18-23)29(14-6-5-7-15-29)27(37)33-24-10-12-25(13-11-24)34(3)4/h8-13,16-18H,5-7,14-15,19-20H2,1-4H3,(H,33,37). The Morgan fingerprint density at radius 2 is 1.68 bits per heavy atom. The van der Waals surface area contributed by atoms with Crippen molar-refractivity contribution >= 4 is 35.0 Å². The van der Waals surface area contributed by atoms with Gasteiger partial charge in [0.25, 0.3) is 0 Å². The molecule has 1 aromatic carbocycles. The normalized spacial score (nSPS) is 14.5. The SMILES string of the molecule is Cc1cc(C)nc(SCC(=O)N(Cc2cccnc2)C2(C(=O)Nc3ccc(N(C)C)cc3)CCCCC2)n1. The first-order valence-corrected chi connectivity index (χ1v) is 14.0. The number of rotatable bonds is 9. The van der Waals surface area contributed by atoms with E-state index in [-0.39, 0.29) is 17.6 Å². The molecule has 1 fully saturated rings. The molecule has 0 saturated heterocycles. The lowest BCUT2D eigenvalue weighted by atomic mass is 9.79. The van der Waals surface area contributed by atoms with Crippen LogP contribution in [-0.4, -0.2) is 57.1 Å². The average molecular weight is 533 g/mol. The van der Waals surface area contributed by atoms with E-state index in [0.717, 1.165) is 47.6 Å². The molecule has 0 spiro atoms. The van der Waals surface area contributed by atoms with Crippen LogP contribution in [0.1, 0.15) is 49.1 Å². The van der Waals surface area contributed by atoms with E-state index in [4.69, 9.17) is 0 Å². The Balaban J connectivity index is 1.62. The molecular weight excluding hydrogens is 496 g/mol. The molecule has 4 rings (SSSR count). The third-order valence-corrected chi connectivity index (χ3v) is 7.74. The van der Waals surface area contributed by atoms with Crippen molar-refractivity contribution in [3.05, 3.63) is 71.8 Å². The molecule has 9 heteroatoms. The first-order chi connectivity index (χ1) is 18.3. The number of nitrogens with one attached hydrogen (secondary N) is 1. The smallest absolute Gasteiger partial charge is 0.250 e. The minimum atomic E-state index is -0.949. The number of aromatic nitrogens is 3. The first kappa shape index (κ1) is 27.6. The number of carbonyl (C=O) groups is 2. The summed E-state index contributed by atoms with van der Waals surface area (Å²) in [5.74, 6) is -0.100. The minimum Gasteiger partial charge on any atom is -0.378 e. The molecule has 0 aliphatic heterocycles. The summed E-state index contributed by atoms with van der Waals surface area (Å²) in [6, 6.07) is 13.5. The fraction of sp³-hybridized carbons (Fsp3) is 0.414. The van der Waals surface area contributed by atoms with E-state index in [9.17, 15) is 9.59 Å². The quantitative estimate of drug-likeness (QED) is 0.306. The lowest BCUT2D eigenvalue weighted by Crippen LogP contribution is -2.60. The third-order valence-electron chi connectivity index (χ3n) is 6.91. The number of thioether (sulfide) groups is 1. The molecule has 1 N–H and O–H groups in total. The van der Waals surface area contributed by atoms with E-state index >= 15 is 0 Å². The van der Waals surface area contributed by atoms with Crippen LogP contribution in [0.3, 0.4) is 0 Å². The minimum absolute atomic E-state index is 0.110. The van der Waals surface area contributed by atoms with Crippen molar-refractivity contribution in [2.24, 2.45) is 0 Å². The highest BCUT2D eigenvalue weighted by Crippen LogP contribution is 2.37.